The lowest BCUT2D eigenvalue weighted by Gasteiger charge is -2.42. The number of hydrogen-bond acceptors (Lipinski definition) is 3. The Kier molecular flexibility index (Phi) is 5.65. The standard InChI is InChI=1S/C19H28N2O3/c1-13-7-5-6-8-14(13)18(24)20-11-17(23)21-10-9-15(16(22)12-21)19(2,3)4/h5-8,15-16,22H,9-12H2,1-4H3,(H,20,24). The van der Waals surface area contributed by atoms with Gasteiger partial charge in [-0.2, -0.15) is 0 Å². The molecule has 0 saturated carbocycles. The SMILES string of the molecule is Cc1ccccc1C(=O)NCC(=O)N1CCC(C(C)(C)C)C(O)C1. The molecule has 5 nitrogen and oxygen atoms in total. The molecule has 0 bridgehead atoms. The number of rotatable bonds is 3. The van der Waals surface area contributed by atoms with Gasteiger partial charge in [-0.3, -0.25) is 9.59 Å². The molecule has 2 amide bonds. The number of piperidine rings is 1. The number of β-amino-alcohol motifs (C(OH)–C–C–N with tert-alkyl or cyclic N) is 1. The maximum Gasteiger partial charge on any atom is 0.251 e. The number of aliphatic hydroxyl groups excluding tert-OH is 1. The number of aryl methyl sites for hydroxylation is 1. The van der Waals surface area contributed by atoms with Gasteiger partial charge in [-0.15, -0.1) is 0 Å². The largest absolute Gasteiger partial charge is 0.391 e. The number of nitrogens with zero attached hydrogens (tertiary/aromatic N) is 1. The fraction of sp³-hybridized carbons (Fsp3) is 0.579. The van der Waals surface area contributed by atoms with Crippen molar-refractivity contribution in [1.82, 2.24) is 10.2 Å². The van der Waals surface area contributed by atoms with Crippen LogP contribution in [0.5, 0.6) is 0 Å². The number of carbonyl (C=O) groups is 2. The van der Waals surface area contributed by atoms with E-state index in [1.165, 1.54) is 0 Å². The highest BCUT2D eigenvalue weighted by Crippen LogP contribution is 2.34. The first-order chi connectivity index (χ1) is 11.2. The summed E-state index contributed by atoms with van der Waals surface area (Å²) in [5.41, 5.74) is 1.48. The third kappa shape index (κ3) is 4.35. The van der Waals surface area contributed by atoms with Crippen molar-refractivity contribution in [3.05, 3.63) is 35.4 Å². The molecule has 132 valence electrons. The van der Waals surface area contributed by atoms with Crippen molar-refractivity contribution in [3.8, 4) is 0 Å². The van der Waals surface area contributed by atoms with Crippen molar-refractivity contribution in [3.63, 3.8) is 0 Å². The Morgan fingerprint density at radius 1 is 1.29 bits per heavy atom. The molecule has 0 aromatic heterocycles. The van der Waals surface area contributed by atoms with Gasteiger partial charge in [0.05, 0.1) is 12.6 Å². The molecule has 24 heavy (non-hydrogen) atoms. The molecule has 0 radical (unpaired) electrons. The van der Waals surface area contributed by atoms with E-state index < -0.39 is 6.10 Å². The highest BCUT2D eigenvalue weighted by atomic mass is 16.3. The maximum absolute atomic E-state index is 12.3. The molecule has 1 aromatic carbocycles. The Morgan fingerprint density at radius 3 is 2.54 bits per heavy atom. The molecule has 0 aliphatic carbocycles. The molecule has 2 atom stereocenters. The van der Waals surface area contributed by atoms with Crippen LogP contribution >= 0.6 is 0 Å². The minimum Gasteiger partial charge on any atom is -0.391 e. The topological polar surface area (TPSA) is 69.6 Å². The second-order valence-corrected chi connectivity index (χ2v) is 7.67. The van der Waals surface area contributed by atoms with E-state index in [9.17, 15) is 14.7 Å². The van der Waals surface area contributed by atoms with Crippen LogP contribution in [-0.2, 0) is 4.79 Å². The molecule has 1 fully saturated rings. The van der Waals surface area contributed by atoms with E-state index in [0.717, 1.165) is 12.0 Å². The lowest BCUT2D eigenvalue weighted by atomic mass is 9.73. The Hall–Kier alpha value is -1.88. The molecular weight excluding hydrogens is 304 g/mol. The van der Waals surface area contributed by atoms with E-state index >= 15 is 0 Å². The summed E-state index contributed by atoms with van der Waals surface area (Å²) in [7, 11) is 0. The molecule has 2 unspecified atom stereocenters. The second-order valence-electron chi connectivity index (χ2n) is 7.67. The predicted molar refractivity (Wildman–Crippen MR) is 93.7 cm³/mol. The Morgan fingerprint density at radius 2 is 1.96 bits per heavy atom. The molecule has 0 spiro atoms. The zero-order valence-electron chi connectivity index (χ0n) is 15.0. The Labute approximate surface area is 144 Å². The summed E-state index contributed by atoms with van der Waals surface area (Å²) in [5.74, 6) is -0.210. The molecule has 1 saturated heterocycles. The zero-order chi connectivity index (χ0) is 17.9. The summed E-state index contributed by atoms with van der Waals surface area (Å²) in [6.45, 7) is 9.12. The van der Waals surface area contributed by atoms with Gasteiger partial charge in [0.15, 0.2) is 0 Å². The third-order valence-electron chi connectivity index (χ3n) is 4.84. The van der Waals surface area contributed by atoms with Gasteiger partial charge >= 0.3 is 0 Å². The van der Waals surface area contributed by atoms with Gasteiger partial charge in [0.2, 0.25) is 5.91 Å². The molecule has 1 heterocycles. The molecule has 1 aliphatic rings. The number of benzene rings is 1. The molecule has 1 aliphatic heterocycles. The van der Waals surface area contributed by atoms with Crippen molar-refractivity contribution in [1.29, 1.82) is 0 Å². The number of carbonyl (C=O) groups excluding carboxylic acids is 2. The number of likely N-dealkylation sites (tertiary alicyclic amines) is 1. The highest BCUT2D eigenvalue weighted by Gasteiger charge is 2.36. The molecular formula is C19H28N2O3. The van der Waals surface area contributed by atoms with E-state index in [-0.39, 0.29) is 29.7 Å². The fourth-order valence-electron chi connectivity index (χ4n) is 3.36. The Balaban J connectivity index is 1.88. The number of hydrogen-bond donors (Lipinski definition) is 2. The van der Waals surface area contributed by atoms with Gasteiger partial charge in [0.25, 0.3) is 5.91 Å². The average molecular weight is 332 g/mol. The summed E-state index contributed by atoms with van der Waals surface area (Å²) in [5, 5.41) is 13.0. The van der Waals surface area contributed by atoms with Crippen LogP contribution in [0.1, 0.15) is 43.1 Å². The van der Waals surface area contributed by atoms with Crippen LogP contribution in [0, 0.1) is 18.3 Å². The van der Waals surface area contributed by atoms with Gasteiger partial charge in [0.1, 0.15) is 0 Å². The van der Waals surface area contributed by atoms with Crippen LogP contribution in [0.4, 0.5) is 0 Å². The van der Waals surface area contributed by atoms with Crippen molar-refractivity contribution < 1.29 is 14.7 Å². The smallest absolute Gasteiger partial charge is 0.251 e. The maximum atomic E-state index is 12.3. The van der Waals surface area contributed by atoms with Crippen LogP contribution in [0.25, 0.3) is 0 Å². The average Bonchev–Trinajstić information content (AvgIpc) is 2.51. The van der Waals surface area contributed by atoms with E-state index in [0.29, 0.717) is 18.7 Å². The third-order valence-corrected chi connectivity index (χ3v) is 4.84. The second kappa shape index (κ2) is 7.34. The van der Waals surface area contributed by atoms with Crippen LogP contribution in [0.3, 0.4) is 0 Å². The minimum atomic E-state index is -0.519. The summed E-state index contributed by atoms with van der Waals surface area (Å²) in [4.78, 5) is 26.1. The zero-order valence-corrected chi connectivity index (χ0v) is 15.0. The van der Waals surface area contributed by atoms with Gasteiger partial charge in [0, 0.05) is 18.7 Å². The van der Waals surface area contributed by atoms with Crippen molar-refractivity contribution in [2.45, 2.75) is 40.2 Å². The van der Waals surface area contributed by atoms with E-state index in [1.54, 1.807) is 17.0 Å². The van der Waals surface area contributed by atoms with Gasteiger partial charge in [-0.1, -0.05) is 39.0 Å². The van der Waals surface area contributed by atoms with E-state index in [4.69, 9.17) is 0 Å². The number of aliphatic hydroxyl groups is 1. The number of amides is 2. The van der Waals surface area contributed by atoms with Crippen molar-refractivity contribution >= 4 is 11.8 Å². The lowest BCUT2D eigenvalue weighted by Crippen LogP contribution is -2.52. The minimum absolute atomic E-state index is 0.0214. The normalized spacial score (nSPS) is 21.5. The summed E-state index contributed by atoms with van der Waals surface area (Å²) in [6.07, 6.45) is 0.261. The number of nitrogens with one attached hydrogen (secondary N) is 1. The summed E-state index contributed by atoms with van der Waals surface area (Å²) >= 11 is 0. The van der Waals surface area contributed by atoms with Crippen LogP contribution < -0.4 is 5.32 Å². The molecule has 2 N–H and O–H groups in total. The summed E-state index contributed by atoms with van der Waals surface area (Å²) in [6, 6.07) is 7.29. The fourth-order valence-corrected chi connectivity index (χ4v) is 3.36. The first-order valence-electron chi connectivity index (χ1n) is 8.50. The summed E-state index contributed by atoms with van der Waals surface area (Å²) < 4.78 is 0. The van der Waals surface area contributed by atoms with E-state index in [2.05, 4.69) is 26.1 Å². The molecule has 1 aromatic rings. The quantitative estimate of drug-likeness (QED) is 0.889. The van der Waals surface area contributed by atoms with Crippen molar-refractivity contribution in [2.75, 3.05) is 19.6 Å². The first kappa shape index (κ1) is 18.5. The van der Waals surface area contributed by atoms with Crippen LogP contribution in [0.15, 0.2) is 24.3 Å². The monoisotopic (exact) mass is 332 g/mol. The van der Waals surface area contributed by atoms with Gasteiger partial charge in [-0.05, 0) is 36.3 Å². The molecule has 5 heteroatoms. The van der Waals surface area contributed by atoms with E-state index in [1.807, 2.05) is 19.1 Å². The predicted octanol–water partition coefficient (Wildman–Crippen LogP) is 1.98. The van der Waals surface area contributed by atoms with Gasteiger partial charge < -0.3 is 15.3 Å². The highest BCUT2D eigenvalue weighted by molar-refractivity contribution is 5.97. The lowest BCUT2D eigenvalue weighted by molar-refractivity contribution is -0.136. The first-order valence-corrected chi connectivity index (χ1v) is 8.50. The van der Waals surface area contributed by atoms with Crippen molar-refractivity contribution in [2.24, 2.45) is 11.3 Å². The van der Waals surface area contributed by atoms with Gasteiger partial charge in [-0.25, -0.2) is 0 Å². The van der Waals surface area contributed by atoms with Crippen LogP contribution in [-0.4, -0.2) is 47.6 Å². The molecule has 2 rings (SSSR count). The van der Waals surface area contributed by atoms with Crippen LogP contribution in [0.2, 0.25) is 0 Å². The Bertz CT molecular complexity index is 607.